The summed E-state index contributed by atoms with van der Waals surface area (Å²) in [6.07, 6.45) is 0.824. The average Bonchev–Trinajstić information content (AvgIpc) is 3.43. The minimum atomic E-state index is -1.56. The first-order valence-corrected chi connectivity index (χ1v) is 12.3. The van der Waals surface area contributed by atoms with E-state index in [0.29, 0.717) is 22.1 Å². The van der Waals surface area contributed by atoms with Crippen molar-refractivity contribution in [1.29, 1.82) is 0 Å². The zero-order chi connectivity index (χ0) is 24.0. The number of hydrogen-bond acceptors (Lipinski definition) is 12. The van der Waals surface area contributed by atoms with Crippen molar-refractivity contribution in [3.05, 3.63) is 45.6 Å². The number of carboxylic acid groups (broad SMARTS) is 1. The summed E-state index contributed by atoms with van der Waals surface area (Å²) < 4.78 is 5.49. The van der Waals surface area contributed by atoms with Crippen LogP contribution in [0.1, 0.15) is 24.7 Å². The molecule has 3 aromatic rings. The van der Waals surface area contributed by atoms with Crippen LogP contribution < -0.4 is 11.1 Å². The first kappa shape index (κ1) is 22.4. The molecular formula is C19H15N7O5S3. The van der Waals surface area contributed by atoms with Crippen LogP contribution in [0.4, 0.5) is 5.13 Å². The highest BCUT2D eigenvalue weighted by atomic mass is 32.2. The number of hydrogen-bond donors (Lipinski definition) is 3. The molecule has 2 aliphatic rings. The summed E-state index contributed by atoms with van der Waals surface area (Å²) in [6, 6.07) is 4.50. The van der Waals surface area contributed by atoms with Crippen LogP contribution >= 0.6 is 34.6 Å². The van der Waals surface area contributed by atoms with E-state index in [1.807, 2.05) is 24.3 Å². The average molecular weight is 518 g/mol. The number of carboxylic acids is 1. The number of nitroso groups, excluding NO2 is 1. The lowest BCUT2D eigenvalue weighted by Crippen LogP contribution is -2.71. The minimum Gasteiger partial charge on any atom is -0.477 e. The first-order chi connectivity index (χ1) is 16.4. The van der Waals surface area contributed by atoms with Gasteiger partial charge in [0, 0.05) is 16.4 Å². The van der Waals surface area contributed by atoms with Crippen molar-refractivity contribution in [2.45, 2.75) is 35.3 Å². The number of nitrogens with one attached hydrogen (secondary N) is 1. The van der Waals surface area contributed by atoms with Gasteiger partial charge in [-0.05, 0) is 30.2 Å². The highest BCUT2D eigenvalue weighted by Gasteiger charge is 2.54. The maximum Gasteiger partial charge on any atom is 0.353 e. The number of β-lactam (4-membered cyclic amide) rings is 1. The fraction of sp³-hybridized carbons (Fsp3) is 0.263. The van der Waals surface area contributed by atoms with Crippen molar-refractivity contribution in [3.63, 3.8) is 0 Å². The summed E-state index contributed by atoms with van der Waals surface area (Å²) in [4.78, 5) is 58.8. The highest BCUT2D eigenvalue weighted by Crippen LogP contribution is 2.44. The zero-order valence-electron chi connectivity index (χ0n) is 17.1. The SMILES string of the molecule is Nc1nc(C(N=O)C(=O)NC2C(=O)N3C(C(=O)O)=C(Sc4nc5ccccc5s4)CCC23)ns1. The molecule has 0 spiro atoms. The lowest BCUT2D eigenvalue weighted by Gasteiger charge is -2.50. The van der Waals surface area contributed by atoms with E-state index in [4.69, 9.17) is 5.73 Å². The number of nitrogens with zero attached hydrogens (tertiary/aromatic N) is 5. The van der Waals surface area contributed by atoms with Gasteiger partial charge >= 0.3 is 5.97 Å². The second-order valence-electron chi connectivity index (χ2n) is 7.43. The molecule has 3 atom stereocenters. The third kappa shape index (κ3) is 3.80. The number of benzene rings is 1. The predicted molar refractivity (Wildman–Crippen MR) is 125 cm³/mol. The van der Waals surface area contributed by atoms with Gasteiger partial charge in [-0.15, -0.1) is 16.2 Å². The summed E-state index contributed by atoms with van der Waals surface area (Å²) in [7, 11) is 0. The molecule has 0 radical (unpaired) electrons. The van der Waals surface area contributed by atoms with Crippen LogP contribution in [0, 0.1) is 4.91 Å². The third-order valence-corrected chi connectivity index (χ3v) is 8.23. The topological polar surface area (TPSA) is 181 Å². The Morgan fingerprint density at radius 1 is 1.32 bits per heavy atom. The number of nitrogen functional groups attached to an aromatic ring is 1. The number of thioether (sulfide) groups is 1. The largest absolute Gasteiger partial charge is 0.477 e. The molecule has 0 saturated carbocycles. The lowest BCUT2D eigenvalue weighted by molar-refractivity contribution is -0.156. The lowest BCUT2D eigenvalue weighted by atomic mass is 9.86. The van der Waals surface area contributed by atoms with Crippen molar-refractivity contribution in [3.8, 4) is 0 Å². The minimum absolute atomic E-state index is 0.0732. The second kappa shape index (κ2) is 8.73. The molecule has 0 bridgehead atoms. The fourth-order valence-electron chi connectivity index (χ4n) is 3.93. The number of allylic oxidation sites excluding steroid dienone is 1. The van der Waals surface area contributed by atoms with Gasteiger partial charge in [-0.25, -0.2) is 14.8 Å². The van der Waals surface area contributed by atoms with E-state index in [0.717, 1.165) is 21.7 Å². The zero-order valence-corrected chi connectivity index (χ0v) is 19.5. The number of fused-ring (bicyclic) bond motifs is 2. The maximum absolute atomic E-state index is 12.9. The predicted octanol–water partition coefficient (Wildman–Crippen LogP) is 2.12. The molecule has 5 rings (SSSR count). The van der Waals surface area contributed by atoms with Gasteiger partial charge in [0.05, 0.1) is 16.3 Å². The van der Waals surface area contributed by atoms with Gasteiger partial charge < -0.3 is 16.2 Å². The molecule has 1 aromatic carbocycles. The quantitative estimate of drug-likeness (QED) is 0.310. The molecular weight excluding hydrogens is 502 g/mol. The molecule has 1 saturated heterocycles. The van der Waals surface area contributed by atoms with E-state index in [2.05, 4.69) is 24.8 Å². The number of nitrogens with two attached hydrogens (primary N) is 1. The van der Waals surface area contributed by atoms with Crippen molar-refractivity contribution >= 4 is 67.8 Å². The fourth-order valence-corrected chi connectivity index (χ4v) is 6.68. The summed E-state index contributed by atoms with van der Waals surface area (Å²) in [5, 5.41) is 15.2. The molecule has 2 aromatic heterocycles. The summed E-state index contributed by atoms with van der Waals surface area (Å²) in [6.45, 7) is 0. The Morgan fingerprint density at radius 2 is 2.12 bits per heavy atom. The molecule has 4 heterocycles. The summed E-state index contributed by atoms with van der Waals surface area (Å²) in [5.41, 5.74) is 6.20. The van der Waals surface area contributed by atoms with Crippen LogP contribution in [-0.4, -0.2) is 54.2 Å². The van der Waals surface area contributed by atoms with Gasteiger partial charge in [0.25, 0.3) is 11.8 Å². The molecule has 12 nitrogen and oxygen atoms in total. The number of carbonyl (C=O) groups is 3. The van der Waals surface area contributed by atoms with E-state index in [-0.39, 0.29) is 16.7 Å². The summed E-state index contributed by atoms with van der Waals surface area (Å²) >= 11 is 3.49. The molecule has 3 unspecified atom stereocenters. The van der Waals surface area contributed by atoms with Gasteiger partial charge in [-0.1, -0.05) is 23.9 Å². The van der Waals surface area contributed by atoms with Crippen LogP contribution in [0.15, 0.2) is 44.4 Å². The molecule has 2 amide bonds. The number of carbonyl (C=O) groups excluding carboxylic acids is 2. The molecule has 4 N–H and O–H groups in total. The monoisotopic (exact) mass is 517 g/mol. The van der Waals surface area contributed by atoms with Crippen molar-refractivity contribution in [1.82, 2.24) is 24.6 Å². The van der Waals surface area contributed by atoms with Crippen molar-refractivity contribution in [2.75, 3.05) is 5.73 Å². The van der Waals surface area contributed by atoms with Crippen LogP contribution in [-0.2, 0) is 14.4 Å². The van der Waals surface area contributed by atoms with Gasteiger partial charge in [-0.3, -0.25) is 14.5 Å². The molecule has 1 fully saturated rings. The van der Waals surface area contributed by atoms with Gasteiger partial charge in [-0.2, -0.15) is 4.37 Å². The van der Waals surface area contributed by atoms with Crippen LogP contribution in [0.25, 0.3) is 10.2 Å². The Hall–Kier alpha value is -3.43. The van der Waals surface area contributed by atoms with E-state index in [1.165, 1.54) is 28.0 Å². The van der Waals surface area contributed by atoms with Crippen LogP contribution in [0.5, 0.6) is 0 Å². The molecule has 2 aliphatic heterocycles. The van der Waals surface area contributed by atoms with E-state index in [1.54, 1.807) is 0 Å². The highest BCUT2D eigenvalue weighted by molar-refractivity contribution is 8.04. The number of aromatic nitrogens is 3. The Labute approximate surface area is 203 Å². The Balaban J connectivity index is 1.35. The maximum atomic E-state index is 12.9. The Bertz CT molecular complexity index is 1340. The number of para-hydroxylation sites is 1. The number of thiazole rings is 1. The van der Waals surface area contributed by atoms with Gasteiger partial charge in [0.2, 0.25) is 6.04 Å². The van der Waals surface area contributed by atoms with Gasteiger partial charge in [0.1, 0.15) is 11.7 Å². The Morgan fingerprint density at radius 3 is 2.79 bits per heavy atom. The third-order valence-electron chi connectivity index (χ3n) is 5.43. The van der Waals surface area contributed by atoms with Crippen LogP contribution in [0.3, 0.4) is 0 Å². The normalized spacial score (nSPS) is 20.6. The van der Waals surface area contributed by atoms with Crippen molar-refractivity contribution < 1.29 is 19.5 Å². The second-order valence-corrected chi connectivity index (χ2v) is 10.6. The van der Waals surface area contributed by atoms with Crippen molar-refractivity contribution in [2.24, 2.45) is 5.18 Å². The summed E-state index contributed by atoms with van der Waals surface area (Å²) in [5.74, 6) is -2.81. The van der Waals surface area contributed by atoms with E-state index >= 15 is 0 Å². The number of rotatable bonds is 7. The first-order valence-electron chi connectivity index (χ1n) is 9.92. The standard InChI is InChI=1S/C19H15N7O5S3/c20-18-23-14(25-34-18)12(24-31)15(27)22-11-8-5-6-10(13(17(29)30)26(8)16(11)28)33-19-21-7-3-1-2-4-9(7)32-19/h1-4,8,11-12H,5-6H2,(H,22,27)(H,29,30)(H2,20,23,25). The van der Waals surface area contributed by atoms with Gasteiger partial charge in [0.15, 0.2) is 15.3 Å². The number of amides is 2. The molecule has 34 heavy (non-hydrogen) atoms. The number of aliphatic carboxylic acids is 1. The smallest absolute Gasteiger partial charge is 0.353 e. The Kier molecular flexibility index (Phi) is 5.75. The number of anilines is 1. The molecule has 0 aliphatic carbocycles. The van der Waals surface area contributed by atoms with E-state index < -0.39 is 35.9 Å². The van der Waals surface area contributed by atoms with E-state index in [9.17, 15) is 24.4 Å². The molecule has 174 valence electrons. The van der Waals surface area contributed by atoms with Crippen LogP contribution in [0.2, 0.25) is 0 Å². The molecule has 15 heteroatoms.